The van der Waals surface area contributed by atoms with Crippen molar-refractivity contribution in [3.05, 3.63) is 29.6 Å². The van der Waals surface area contributed by atoms with Crippen molar-refractivity contribution in [3.63, 3.8) is 0 Å². The van der Waals surface area contributed by atoms with Gasteiger partial charge in [-0.3, -0.25) is 4.79 Å². The summed E-state index contributed by atoms with van der Waals surface area (Å²) in [5, 5.41) is 0. The molecule has 0 radical (unpaired) electrons. The zero-order valence-corrected chi connectivity index (χ0v) is 9.24. The van der Waals surface area contributed by atoms with E-state index in [9.17, 15) is 9.18 Å². The first kappa shape index (κ1) is 10.9. The summed E-state index contributed by atoms with van der Waals surface area (Å²) >= 11 is 0. The Hall–Kier alpha value is -1.58. The molecule has 1 aromatic rings. The zero-order valence-electron chi connectivity index (χ0n) is 9.24. The molecule has 0 spiro atoms. The second kappa shape index (κ2) is 4.12. The van der Waals surface area contributed by atoms with Crippen molar-refractivity contribution in [1.82, 2.24) is 4.90 Å². The number of halogens is 1. The number of carbonyl (C=O) groups is 1. The maximum Gasteiger partial charge on any atom is 0.256 e. The van der Waals surface area contributed by atoms with Crippen molar-refractivity contribution in [2.45, 2.75) is 25.8 Å². The molecule has 1 atom stereocenters. The van der Waals surface area contributed by atoms with Crippen molar-refractivity contribution in [1.29, 1.82) is 0 Å². The molecule has 1 heterocycles. The zero-order chi connectivity index (χ0) is 11.7. The molecule has 0 aliphatic carbocycles. The summed E-state index contributed by atoms with van der Waals surface area (Å²) in [6.07, 6.45) is 2.00. The molecule has 86 valence electrons. The number of anilines is 1. The van der Waals surface area contributed by atoms with Gasteiger partial charge in [0.15, 0.2) is 0 Å². The number of hydrogen-bond donors (Lipinski definition) is 1. The van der Waals surface area contributed by atoms with Crippen LogP contribution in [-0.2, 0) is 0 Å². The highest BCUT2D eigenvalue weighted by Crippen LogP contribution is 2.22. The van der Waals surface area contributed by atoms with Crippen LogP contribution < -0.4 is 5.73 Å². The third kappa shape index (κ3) is 1.87. The van der Waals surface area contributed by atoms with Crippen LogP contribution in [0.2, 0.25) is 0 Å². The lowest BCUT2D eigenvalue weighted by atomic mass is 10.1. The Kier molecular flexibility index (Phi) is 2.81. The fourth-order valence-corrected chi connectivity index (χ4v) is 2.10. The lowest BCUT2D eigenvalue weighted by Gasteiger charge is -2.22. The lowest BCUT2D eigenvalue weighted by Crippen LogP contribution is -2.34. The second-order valence-corrected chi connectivity index (χ2v) is 4.22. The third-order valence-corrected chi connectivity index (χ3v) is 3.06. The Bertz CT molecular complexity index is 419. The normalized spacial score (nSPS) is 20.1. The molecule has 4 heteroatoms. The summed E-state index contributed by atoms with van der Waals surface area (Å²) in [4.78, 5) is 13.9. The van der Waals surface area contributed by atoms with E-state index < -0.39 is 5.82 Å². The van der Waals surface area contributed by atoms with Gasteiger partial charge in [-0.25, -0.2) is 4.39 Å². The first-order chi connectivity index (χ1) is 7.59. The van der Waals surface area contributed by atoms with E-state index in [2.05, 4.69) is 0 Å². The first-order valence-corrected chi connectivity index (χ1v) is 5.45. The number of nitrogens with zero attached hydrogens (tertiary/aromatic N) is 1. The number of nitrogens with two attached hydrogens (primary N) is 1. The first-order valence-electron chi connectivity index (χ1n) is 5.45. The molecule has 3 nitrogen and oxygen atoms in total. The Morgan fingerprint density at radius 2 is 2.31 bits per heavy atom. The van der Waals surface area contributed by atoms with Gasteiger partial charge in [-0.1, -0.05) is 0 Å². The molecule has 1 aliphatic rings. The minimum Gasteiger partial charge on any atom is -0.398 e. The molecule has 0 bridgehead atoms. The maximum absolute atomic E-state index is 13.1. The van der Waals surface area contributed by atoms with Gasteiger partial charge in [-0.05, 0) is 38.0 Å². The van der Waals surface area contributed by atoms with E-state index >= 15 is 0 Å². The number of amides is 1. The van der Waals surface area contributed by atoms with Crippen LogP contribution in [0.25, 0.3) is 0 Å². The Morgan fingerprint density at radius 3 is 2.94 bits per heavy atom. The highest BCUT2D eigenvalue weighted by atomic mass is 19.1. The van der Waals surface area contributed by atoms with Crippen LogP contribution in [0.4, 0.5) is 10.1 Å². The molecule has 1 aliphatic heterocycles. The Balaban J connectivity index is 2.29. The van der Waals surface area contributed by atoms with Gasteiger partial charge in [0.2, 0.25) is 0 Å². The molecule has 0 saturated carbocycles. The summed E-state index contributed by atoms with van der Waals surface area (Å²) in [7, 11) is 0. The average Bonchev–Trinajstić information content (AvgIpc) is 2.67. The smallest absolute Gasteiger partial charge is 0.256 e. The number of likely N-dealkylation sites (tertiary alicyclic amines) is 1. The van der Waals surface area contributed by atoms with Crippen LogP contribution in [0, 0.1) is 5.82 Å². The Morgan fingerprint density at radius 1 is 1.56 bits per heavy atom. The van der Waals surface area contributed by atoms with Crippen molar-refractivity contribution in [3.8, 4) is 0 Å². The van der Waals surface area contributed by atoms with E-state index in [1.54, 1.807) is 4.90 Å². The van der Waals surface area contributed by atoms with E-state index in [0.717, 1.165) is 19.4 Å². The summed E-state index contributed by atoms with van der Waals surface area (Å²) in [5.41, 5.74) is 6.30. The standard InChI is InChI=1S/C12H15FN2O/c1-8-3-2-6-15(8)12(16)10-7-9(13)4-5-11(10)14/h4-5,7-8H,2-3,6,14H2,1H3. The van der Waals surface area contributed by atoms with Crippen molar-refractivity contribution in [2.75, 3.05) is 12.3 Å². The second-order valence-electron chi connectivity index (χ2n) is 4.22. The van der Waals surface area contributed by atoms with Gasteiger partial charge < -0.3 is 10.6 Å². The van der Waals surface area contributed by atoms with Gasteiger partial charge in [0, 0.05) is 18.3 Å². The lowest BCUT2D eigenvalue weighted by molar-refractivity contribution is 0.0748. The van der Waals surface area contributed by atoms with Crippen molar-refractivity contribution >= 4 is 11.6 Å². The number of carbonyl (C=O) groups excluding carboxylic acids is 1. The minimum atomic E-state index is -0.426. The van der Waals surface area contributed by atoms with Crippen LogP contribution in [0.3, 0.4) is 0 Å². The van der Waals surface area contributed by atoms with Crippen LogP contribution in [0.1, 0.15) is 30.1 Å². The summed E-state index contributed by atoms with van der Waals surface area (Å²) in [6, 6.07) is 4.13. The summed E-state index contributed by atoms with van der Waals surface area (Å²) in [6.45, 7) is 2.73. The Labute approximate surface area is 94.0 Å². The van der Waals surface area contributed by atoms with Crippen LogP contribution >= 0.6 is 0 Å². The fourth-order valence-electron chi connectivity index (χ4n) is 2.10. The molecular formula is C12H15FN2O. The van der Waals surface area contributed by atoms with E-state index in [-0.39, 0.29) is 17.5 Å². The highest BCUT2D eigenvalue weighted by molar-refractivity contribution is 5.99. The van der Waals surface area contributed by atoms with Crippen LogP contribution in [-0.4, -0.2) is 23.4 Å². The average molecular weight is 222 g/mol. The van der Waals surface area contributed by atoms with Crippen LogP contribution in [0.15, 0.2) is 18.2 Å². The largest absolute Gasteiger partial charge is 0.398 e. The van der Waals surface area contributed by atoms with Gasteiger partial charge in [0.1, 0.15) is 5.82 Å². The molecule has 16 heavy (non-hydrogen) atoms. The monoisotopic (exact) mass is 222 g/mol. The van der Waals surface area contributed by atoms with Gasteiger partial charge in [0.05, 0.1) is 5.56 Å². The molecule has 1 unspecified atom stereocenters. The van der Waals surface area contributed by atoms with Gasteiger partial charge in [-0.2, -0.15) is 0 Å². The predicted molar refractivity (Wildman–Crippen MR) is 60.5 cm³/mol. The van der Waals surface area contributed by atoms with Gasteiger partial charge in [-0.15, -0.1) is 0 Å². The third-order valence-electron chi connectivity index (χ3n) is 3.06. The minimum absolute atomic E-state index is 0.165. The molecular weight excluding hydrogens is 207 g/mol. The number of hydrogen-bond acceptors (Lipinski definition) is 2. The van der Waals surface area contributed by atoms with Gasteiger partial charge in [0.25, 0.3) is 5.91 Å². The number of benzene rings is 1. The topological polar surface area (TPSA) is 46.3 Å². The summed E-state index contributed by atoms with van der Waals surface area (Å²) in [5.74, 6) is -0.591. The van der Waals surface area contributed by atoms with E-state index in [1.807, 2.05) is 6.92 Å². The molecule has 1 amide bonds. The SMILES string of the molecule is CC1CCCN1C(=O)c1cc(F)ccc1N. The predicted octanol–water partition coefficient (Wildman–Crippen LogP) is 2.03. The van der Waals surface area contributed by atoms with Crippen molar-refractivity contribution in [2.24, 2.45) is 0 Å². The van der Waals surface area contributed by atoms with Gasteiger partial charge >= 0.3 is 0 Å². The molecule has 1 fully saturated rings. The van der Waals surface area contributed by atoms with Crippen LogP contribution in [0.5, 0.6) is 0 Å². The molecule has 2 rings (SSSR count). The number of nitrogen functional groups attached to an aromatic ring is 1. The van der Waals surface area contributed by atoms with E-state index in [1.165, 1.54) is 18.2 Å². The number of rotatable bonds is 1. The van der Waals surface area contributed by atoms with Crippen molar-refractivity contribution < 1.29 is 9.18 Å². The quantitative estimate of drug-likeness (QED) is 0.739. The highest BCUT2D eigenvalue weighted by Gasteiger charge is 2.27. The fraction of sp³-hybridized carbons (Fsp3) is 0.417. The molecule has 1 saturated heterocycles. The van der Waals surface area contributed by atoms with E-state index in [0.29, 0.717) is 5.69 Å². The molecule has 2 N–H and O–H groups in total. The molecule has 0 aromatic heterocycles. The molecule has 1 aromatic carbocycles. The summed E-state index contributed by atoms with van der Waals surface area (Å²) < 4.78 is 13.1. The van der Waals surface area contributed by atoms with E-state index in [4.69, 9.17) is 5.73 Å². The maximum atomic E-state index is 13.1.